The van der Waals surface area contributed by atoms with Gasteiger partial charge in [-0.3, -0.25) is 0 Å². The molecular formula is C17H18Cl2N2O2S. The molecule has 0 saturated carbocycles. The van der Waals surface area contributed by atoms with Crippen LogP contribution in [0.4, 0.5) is 5.69 Å². The van der Waals surface area contributed by atoms with Gasteiger partial charge in [0, 0.05) is 47.5 Å². The van der Waals surface area contributed by atoms with Gasteiger partial charge in [-0.05, 0) is 24.3 Å². The zero-order valence-electron chi connectivity index (χ0n) is 13.0. The van der Waals surface area contributed by atoms with Crippen molar-refractivity contribution < 1.29 is 8.42 Å². The first-order valence-electron chi connectivity index (χ1n) is 7.68. The quantitative estimate of drug-likeness (QED) is 0.807. The maximum absolute atomic E-state index is 12.7. The summed E-state index contributed by atoms with van der Waals surface area (Å²) in [5.74, 6) is -0.170. The maximum Gasteiger partial charge on any atom is 0.218 e. The van der Waals surface area contributed by atoms with Crippen LogP contribution in [0.3, 0.4) is 0 Å². The summed E-state index contributed by atoms with van der Waals surface area (Å²) in [6.07, 6.45) is 0. The van der Waals surface area contributed by atoms with Crippen molar-refractivity contribution in [3.8, 4) is 0 Å². The fraction of sp³-hybridized carbons (Fsp3) is 0.294. The van der Waals surface area contributed by atoms with Gasteiger partial charge in [0.25, 0.3) is 0 Å². The molecule has 0 atom stereocenters. The molecule has 1 aliphatic rings. The van der Waals surface area contributed by atoms with Crippen molar-refractivity contribution in [2.24, 2.45) is 0 Å². The maximum atomic E-state index is 12.7. The predicted octanol–water partition coefficient (Wildman–Crippen LogP) is 3.65. The lowest BCUT2D eigenvalue weighted by atomic mass is 10.2. The Labute approximate surface area is 152 Å². The van der Waals surface area contributed by atoms with E-state index in [4.69, 9.17) is 23.2 Å². The minimum absolute atomic E-state index is 0.170. The molecule has 24 heavy (non-hydrogen) atoms. The predicted molar refractivity (Wildman–Crippen MR) is 99.3 cm³/mol. The van der Waals surface area contributed by atoms with Crippen LogP contribution in [0.15, 0.2) is 48.5 Å². The van der Waals surface area contributed by atoms with Gasteiger partial charge in [-0.25, -0.2) is 8.42 Å². The standard InChI is InChI=1S/C17H18Cl2N2O2S/c18-16-7-4-8-17(19)15(16)13-24(22,23)21-11-9-20(10-12-21)14-5-2-1-3-6-14/h1-8H,9-13H2. The molecule has 0 unspecified atom stereocenters. The fourth-order valence-corrected chi connectivity index (χ4v) is 5.07. The second kappa shape index (κ2) is 7.31. The number of rotatable bonds is 4. The van der Waals surface area contributed by atoms with Crippen LogP contribution in [0.1, 0.15) is 5.56 Å². The first kappa shape index (κ1) is 17.5. The van der Waals surface area contributed by atoms with Crippen LogP contribution >= 0.6 is 23.2 Å². The lowest BCUT2D eigenvalue weighted by molar-refractivity contribution is 0.384. The summed E-state index contributed by atoms with van der Waals surface area (Å²) >= 11 is 12.2. The molecule has 0 bridgehead atoms. The first-order valence-corrected chi connectivity index (χ1v) is 10.0. The molecule has 0 N–H and O–H groups in total. The monoisotopic (exact) mass is 384 g/mol. The molecule has 0 spiro atoms. The van der Waals surface area contributed by atoms with Crippen molar-refractivity contribution in [3.05, 3.63) is 64.1 Å². The SMILES string of the molecule is O=S(=O)(Cc1c(Cl)cccc1Cl)N1CCN(c2ccccc2)CC1. The van der Waals surface area contributed by atoms with Crippen LogP contribution < -0.4 is 4.90 Å². The van der Waals surface area contributed by atoms with Crippen molar-refractivity contribution in [3.63, 3.8) is 0 Å². The Morgan fingerprint density at radius 1 is 0.833 bits per heavy atom. The largest absolute Gasteiger partial charge is 0.369 e. The van der Waals surface area contributed by atoms with E-state index in [1.165, 1.54) is 4.31 Å². The van der Waals surface area contributed by atoms with Gasteiger partial charge in [0.05, 0.1) is 5.75 Å². The van der Waals surface area contributed by atoms with E-state index >= 15 is 0 Å². The number of sulfonamides is 1. The van der Waals surface area contributed by atoms with Crippen molar-refractivity contribution in [2.45, 2.75) is 5.75 Å². The Kier molecular flexibility index (Phi) is 5.35. The third-order valence-corrected chi connectivity index (χ3v) is 6.66. The topological polar surface area (TPSA) is 40.6 Å². The summed E-state index contributed by atoms with van der Waals surface area (Å²) in [6, 6.07) is 15.0. The van der Waals surface area contributed by atoms with Crippen molar-refractivity contribution in [1.29, 1.82) is 0 Å². The van der Waals surface area contributed by atoms with Crippen LogP contribution in [0.5, 0.6) is 0 Å². The van der Waals surface area contributed by atoms with Crippen molar-refractivity contribution in [2.75, 3.05) is 31.1 Å². The molecule has 3 rings (SSSR count). The molecule has 2 aromatic rings. The number of piperazine rings is 1. The second-order valence-electron chi connectivity index (χ2n) is 5.68. The smallest absolute Gasteiger partial charge is 0.218 e. The minimum Gasteiger partial charge on any atom is -0.369 e. The van der Waals surface area contributed by atoms with Gasteiger partial charge in [0.1, 0.15) is 0 Å². The van der Waals surface area contributed by atoms with E-state index in [0.29, 0.717) is 41.8 Å². The molecule has 1 aliphatic heterocycles. The summed E-state index contributed by atoms with van der Waals surface area (Å²) in [6.45, 7) is 2.25. The summed E-state index contributed by atoms with van der Waals surface area (Å²) in [5.41, 5.74) is 1.58. The Morgan fingerprint density at radius 2 is 1.42 bits per heavy atom. The van der Waals surface area contributed by atoms with E-state index in [1.54, 1.807) is 18.2 Å². The number of para-hydroxylation sites is 1. The molecule has 2 aromatic carbocycles. The van der Waals surface area contributed by atoms with E-state index in [0.717, 1.165) is 5.69 Å². The van der Waals surface area contributed by atoms with E-state index in [-0.39, 0.29) is 5.75 Å². The summed E-state index contributed by atoms with van der Waals surface area (Å²) in [7, 11) is -3.45. The van der Waals surface area contributed by atoms with Gasteiger partial charge < -0.3 is 4.90 Å². The average Bonchev–Trinajstić information content (AvgIpc) is 2.59. The highest BCUT2D eigenvalue weighted by atomic mass is 35.5. The van der Waals surface area contributed by atoms with E-state index < -0.39 is 10.0 Å². The van der Waals surface area contributed by atoms with E-state index in [1.807, 2.05) is 30.3 Å². The first-order chi connectivity index (χ1) is 11.5. The Hall–Kier alpha value is -1.27. The van der Waals surface area contributed by atoms with Gasteiger partial charge >= 0.3 is 0 Å². The van der Waals surface area contributed by atoms with Gasteiger partial charge in [0.2, 0.25) is 10.0 Å². The lowest BCUT2D eigenvalue weighted by Crippen LogP contribution is -2.49. The van der Waals surface area contributed by atoms with Crippen LogP contribution in [-0.2, 0) is 15.8 Å². The van der Waals surface area contributed by atoms with E-state index in [9.17, 15) is 8.42 Å². The molecule has 7 heteroatoms. The minimum atomic E-state index is -3.45. The Balaban J connectivity index is 1.69. The zero-order valence-corrected chi connectivity index (χ0v) is 15.4. The van der Waals surface area contributed by atoms with E-state index in [2.05, 4.69) is 4.90 Å². The summed E-state index contributed by atoms with van der Waals surface area (Å²) in [5, 5.41) is 0.767. The average molecular weight is 385 g/mol. The highest BCUT2D eigenvalue weighted by Gasteiger charge is 2.28. The zero-order chi connectivity index (χ0) is 17.2. The van der Waals surface area contributed by atoms with Crippen LogP contribution in [0.25, 0.3) is 0 Å². The molecule has 1 fully saturated rings. The van der Waals surface area contributed by atoms with Gasteiger partial charge in [-0.15, -0.1) is 0 Å². The highest BCUT2D eigenvalue weighted by Crippen LogP contribution is 2.27. The fourth-order valence-electron chi connectivity index (χ4n) is 2.81. The van der Waals surface area contributed by atoms with Gasteiger partial charge in [-0.2, -0.15) is 4.31 Å². The Morgan fingerprint density at radius 3 is 2.00 bits per heavy atom. The Bertz CT molecular complexity index is 784. The van der Waals surface area contributed by atoms with Crippen molar-refractivity contribution >= 4 is 38.9 Å². The lowest BCUT2D eigenvalue weighted by Gasteiger charge is -2.35. The highest BCUT2D eigenvalue weighted by molar-refractivity contribution is 7.88. The molecule has 128 valence electrons. The molecular weight excluding hydrogens is 367 g/mol. The molecule has 4 nitrogen and oxygen atoms in total. The number of benzene rings is 2. The van der Waals surface area contributed by atoms with Crippen LogP contribution in [-0.4, -0.2) is 38.9 Å². The third kappa shape index (κ3) is 3.86. The molecule has 1 heterocycles. The van der Waals surface area contributed by atoms with Crippen molar-refractivity contribution in [1.82, 2.24) is 4.31 Å². The van der Waals surface area contributed by atoms with Gasteiger partial charge in [0.15, 0.2) is 0 Å². The molecule has 0 aromatic heterocycles. The third-order valence-electron chi connectivity index (χ3n) is 4.14. The summed E-state index contributed by atoms with van der Waals surface area (Å²) in [4.78, 5) is 2.19. The normalized spacial score (nSPS) is 16.3. The number of halogens is 2. The second-order valence-corrected chi connectivity index (χ2v) is 8.46. The summed E-state index contributed by atoms with van der Waals surface area (Å²) < 4.78 is 26.9. The molecule has 1 saturated heterocycles. The van der Waals surface area contributed by atoms with Gasteiger partial charge in [-0.1, -0.05) is 47.5 Å². The van der Waals surface area contributed by atoms with Crippen LogP contribution in [0, 0.1) is 0 Å². The molecule has 0 amide bonds. The number of nitrogens with zero attached hydrogens (tertiary/aromatic N) is 2. The number of hydrogen-bond donors (Lipinski definition) is 0. The van der Waals surface area contributed by atoms with Crippen LogP contribution in [0.2, 0.25) is 10.0 Å². The number of anilines is 1. The molecule has 0 aliphatic carbocycles. The number of hydrogen-bond acceptors (Lipinski definition) is 3. The molecule has 0 radical (unpaired) electrons.